The number of aromatic amines is 1. The highest BCUT2D eigenvalue weighted by atomic mass is 32.2. The van der Waals surface area contributed by atoms with Crippen LogP contribution in [0.2, 0.25) is 0 Å². The fourth-order valence-electron chi connectivity index (χ4n) is 2.83. The first kappa shape index (κ1) is 21.7. The van der Waals surface area contributed by atoms with Gasteiger partial charge < -0.3 is 15.0 Å². The van der Waals surface area contributed by atoms with Gasteiger partial charge in [0.2, 0.25) is 0 Å². The van der Waals surface area contributed by atoms with Gasteiger partial charge in [0, 0.05) is 30.1 Å². The summed E-state index contributed by atoms with van der Waals surface area (Å²) >= 11 is 0. The van der Waals surface area contributed by atoms with E-state index in [4.69, 9.17) is 4.74 Å². The molecule has 0 saturated carbocycles. The van der Waals surface area contributed by atoms with Crippen molar-refractivity contribution in [1.82, 2.24) is 10.3 Å². The van der Waals surface area contributed by atoms with Crippen LogP contribution >= 0.6 is 0 Å². The average molecular weight is 440 g/mol. The number of carbonyl (C=O) groups excluding carboxylic acids is 1. The Morgan fingerprint density at radius 2 is 1.80 bits per heavy atom. The van der Waals surface area contributed by atoms with E-state index in [0.29, 0.717) is 5.69 Å². The van der Waals surface area contributed by atoms with Crippen molar-refractivity contribution < 1.29 is 31.1 Å². The van der Waals surface area contributed by atoms with Gasteiger partial charge in [-0.25, -0.2) is 8.42 Å². The first-order valence-corrected chi connectivity index (χ1v) is 10.9. The molecule has 1 unspecified atom stereocenters. The van der Waals surface area contributed by atoms with Crippen LogP contribution in [0.1, 0.15) is 22.5 Å². The van der Waals surface area contributed by atoms with Crippen LogP contribution < -0.4 is 10.1 Å². The molecule has 3 aromatic rings. The number of benzene rings is 2. The van der Waals surface area contributed by atoms with Crippen LogP contribution in [0.15, 0.2) is 54.6 Å². The molecule has 2 N–H and O–H groups in total. The van der Waals surface area contributed by atoms with Gasteiger partial charge >= 0.3 is 6.18 Å². The van der Waals surface area contributed by atoms with Crippen molar-refractivity contribution >= 4 is 26.6 Å². The fraction of sp³-hybridized carbons (Fsp3) is 0.250. The van der Waals surface area contributed by atoms with Gasteiger partial charge in [0.05, 0.1) is 5.56 Å². The second-order valence-corrected chi connectivity index (χ2v) is 8.90. The average Bonchev–Trinajstić information content (AvgIpc) is 3.10. The van der Waals surface area contributed by atoms with E-state index in [9.17, 15) is 26.4 Å². The van der Waals surface area contributed by atoms with Crippen LogP contribution in [-0.4, -0.2) is 37.5 Å². The monoisotopic (exact) mass is 440 g/mol. The van der Waals surface area contributed by atoms with Gasteiger partial charge in [-0.15, -0.1) is 0 Å². The number of carbonyl (C=O) groups is 1. The molecule has 1 heterocycles. The zero-order chi connectivity index (χ0) is 21.9. The molecule has 3 rings (SSSR count). The molecule has 0 radical (unpaired) electrons. The second kappa shape index (κ2) is 8.39. The molecule has 160 valence electrons. The Kier molecular flexibility index (Phi) is 6.06. The number of alkyl halides is 3. The molecule has 0 fully saturated rings. The van der Waals surface area contributed by atoms with Gasteiger partial charge in [0.15, 0.2) is 15.3 Å². The number of aromatic nitrogens is 1. The summed E-state index contributed by atoms with van der Waals surface area (Å²) in [7, 11) is -3.69. The van der Waals surface area contributed by atoms with E-state index in [1.54, 1.807) is 6.07 Å². The van der Waals surface area contributed by atoms with E-state index in [-0.39, 0.29) is 18.7 Å². The minimum absolute atomic E-state index is 0.00737. The van der Waals surface area contributed by atoms with E-state index < -0.39 is 32.9 Å². The van der Waals surface area contributed by atoms with Crippen LogP contribution in [-0.2, 0) is 16.0 Å². The number of H-pyrrole nitrogens is 1. The molecule has 1 atom stereocenters. The number of sulfone groups is 1. The van der Waals surface area contributed by atoms with Gasteiger partial charge in [-0.3, -0.25) is 4.79 Å². The zero-order valence-electron chi connectivity index (χ0n) is 15.9. The Balaban J connectivity index is 1.62. The highest BCUT2D eigenvalue weighted by molar-refractivity contribution is 7.91. The number of amides is 1. The maximum Gasteiger partial charge on any atom is 0.416 e. The third kappa shape index (κ3) is 5.32. The summed E-state index contributed by atoms with van der Waals surface area (Å²) in [4.78, 5) is 15.3. The van der Waals surface area contributed by atoms with Crippen LogP contribution in [0.25, 0.3) is 10.9 Å². The molecule has 10 heteroatoms. The Morgan fingerprint density at radius 3 is 2.40 bits per heavy atom. The minimum atomic E-state index is -4.50. The normalized spacial score (nSPS) is 13.2. The SMILES string of the molecule is CS(=O)(=O)C(CCNC(=O)c1cc2ccccc2[nH]1)Oc1ccc(C(F)(F)F)cc1. The summed E-state index contributed by atoms with van der Waals surface area (Å²) < 4.78 is 67.3. The molecule has 0 saturated heterocycles. The largest absolute Gasteiger partial charge is 0.475 e. The first-order valence-electron chi connectivity index (χ1n) is 8.93. The van der Waals surface area contributed by atoms with Crippen molar-refractivity contribution in [2.45, 2.75) is 18.0 Å². The van der Waals surface area contributed by atoms with Crippen molar-refractivity contribution in [3.05, 3.63) is 65.9 Å². The highest BCUT2D eigenvalue weighted by Gasteiger charge is 2.30. The number of hydrogen-bond acceptors (Lipinski definition) is 4. The van der Waals surface area contributed by atoms with Crippen molar-refractivity contribution in [2.24, 2.45) is 0 Å². The molecule has 2 aromatic carbocycles. The Bertz CT molecular complexity index is 1110. The van der Waals surface area contributed by atoms with Gasteiger partial charge in [-0.1, -0.05) is 18.2 Å². The number of hydrogen-bond donors (Lipinski definition) is 2. The fourth-order valence-corrected chi connectivity index (χ4v) is 3.66. The molecule has 0 spiro atoms. The number of para-hydroxylation sites is 1. The summed E-state index contributed by atoms with van der Waals surface area (Å²) in [6.07, 6.45) is -3.62. The molecule has 0 aliphatic rings. The van der Waals surface area contributed by atoms with Crippen molar-refractivity contribution in [3.63, 3.8) is 0 Å². The number of nitrogens with one attached hydrogen (secondary N) is 2. The van der Waals surface area contributed by atoms with Gasteiger partial charge in [-0.05, 0) is 36.4 Å². The smallest absolute Gasteiger partial charge is 0.416 e. The van der Waals surface area contributed by atoms with E-state index in [1.165, 1.54) is 0 Å². The third-order valence-electron chi connectivity index (χ3n) is 4.37. The molecular formula is C20H19F3N2O4S. The predicted octanol–water partition coefficient (Wildman–Crippen LogP) is 3.76. The van der Waals surface area contributed by atoms with Crippen LogP contribution in [0.3, 0.4) is 0 Å². The molecule has 0 aliphatic heterocycles. The topological polar surface area (TPSA) is 88.3 Å². The maximum atomic E-state index is 12.6. The lowest BCUT2D eigenvalue weighted by Gasteiger charge is -2.18. The lowest BCUT2D eigenvalue weighted by atomic mass is 10.2. The van der Waals surface area contributed by atoms with E-state index in [2.05, 4.69) is 10.3 Å². The maximum absolute atomic E-state index is 12.6. The standard InChI is InChI=1S/C20H19F3N2O4S/c1-30(27,28)18(29-15-8-6-14(7-9-15)20(21,22)23)10-11-24-19(26)17-12-13-4-2-3-5-16(13)25-17/h2-9,12,18,25H,10-11H2,1H3,(H,24,26). The first-order chi connectivity index (χ1) is 14.0. The zero-order valence-corrected chi connectivity index (χ0v) is 16.7. The van der Waals surface area contributed by atoms with Crippen molar-refractivity contribution in [3.8, 4) is 5.75 Å². The molecule has 1 aromatic heterocycles. The van der Waals surface area contributed by atoms with Crippen LogP contribution in [0, 0.1) is 0 Å². The molecule has 0 aliphatic carbocycles. The Hall–Kier alpha value is -3.01. The minimum Gasteiger partial charge on any atom is -0.475 e. The van der Waals surface area contributed by atoms with E-state index >= 15 is 0 Å². The molecular weight excluding hydrogens is 421 g/mol. The van der Waals surface area contributed by atoms with E-state index in [1.807, 2.05) is 24.3 Å². The van der Waals surface area contributed by atoms with Gasteiger partial charge in [0.25, 0.3) is 5.91 Å². The summed E-state index contributed by atoms with van der Waals surface area (Å²) in [5.41, 5.74) is -1.06. The van der Waals surface area contributed by atoms with Crippen molar-refractivity contribution in [1.29, 1.82) is 0 Å². The number of fused-ring (bicyclic) bond motifs is 1. The van der Waals surface area contributed by atoms with Crippen LogP contribution in [0.4, 0.5) is 13.2 Å². The molecule has 0 bridgehead atoms. The summed E-state index contributed by atoms with van der Waals surface area (Å²) in [5, 5.41) is 3.48. The van der Waals surface area contributed by atoms with Gasteiger partial charge in [0.1, 0.15) is 11.4 Å². The molecule has 1 amide bonds. The van der Waals surface area contributed by atoms with E-state index in [0.717, 1.165) is 41.4 Å². The van der Waals surface area contributed by atoms with Gasteiger partial charge in [-0.2, -0.15) is 13.2 Å². The van der Waals surface area contributed by atoms with Crippen molar-refractivity contribution in [2.75, 3.05) is 12.8 Å². The molecule has 30 heavy (non-hydrogen) atoms. The number of ether oxygens (including phenoxy) is 1. The predicted molar refractivity (Wildman–Crippen MR) is 106 cm³/mol. The lowest BCUT2D eigenvalue weighted by Crippen LogP contribution is -2.33. The third-order valence-corrected chi connectivity index (χ3v) is 5.65. The Labute approximate surface area is 171 Å². The summed E-state index contributed by atoms with van der Waals surface area (Å²) in [5.74, 6) is -0.423. The summed E-state index contributed by atoms with van der Waals surface area (Å²) in [6, 6.07) is 12.8. The van der Waals surface area contributed by atoms with Crippen LogP contribution in [0.5, 0.6) is 5.75 Å². The highest BCUT2D eigenvalue weighted by Crippen LogP contribution is 2.30. The second-order valence-electron chi connectivity index (χ2n) is 6.71. The number of rotatable bonds is 7. The summed E-state index contributed by atoms with van der Waals surface area (Å²) in [6.45, 7) is -0.00737. The quantitative estimate of drug-likeness (QED) is 0.586. The Morgan fingerprint density at radius 1 is 1.13 bits per heavy atom. The lowest BCUT2D eigenvalue weighted by molar-refractivity contribution is -0.137. The number of halogens is 3. The molecule has 6 nitrogen and oxygen atoms in total.